The van der Waals surface area contributed by atoms with E-state index in [9.17, 15) is 0 Å². The SMILES string of the molecule is CCOc1ccc(Cc2c(C#N)nnn2CCO)cc1. The largest absolute Gasteiger partial charge is 0.494 e. The Morgan fingerprint density at radius 2 is 2.10 bits per heavy atom. The molecule has 2 rings (SSSR count). The third-order valence-corrected chi connectivity index (χ3v) is 2.86. The van der Waals surface area contributed by atoms with Crippen molar-refractivity contribution in [2.75, 3.05) is 13.2 Å². The number of hydrogen-bond acceptors (Lipinski definition) is 5. The van der Waals surface area contributed by atoms with Crippen LogP contribution < -0.4 is 4.74 Å². The minimum atomic E-state index is -0.0372. The first kappa shape index (κ1) is 14.0. The summed E-state index contributed by atoms with van der Waals surface area (Å²) in [5.74, 6) is 0.818. The van der Waals surface area contributed by atoms with Gasteiger partial charge in [-0.05, 0) is 24.6 Å². The van der Waals surface area contributed by atoms with Crippen molar-refractivity contribution in [3.63, 3.8) is 0 Å². The maximum Gasteiger partial charge on any atom is 0.186 e. The minimum absolute atomic E-state index is 0.0372. The van der Waals surface area contributed by atoms with Gasteiger partial charge in [0, 0.05) is 6.42 Å². The van der Waals surface area contributed by atoms with Crippen molar-refractivity contribution in [1.29, 1.82) is 5.26 Å². The highest BCUT2D eigenvalue weighted by atomic mass is 16.5. The zero-order chi connectivity index (χ0) is 14.4. The van der Waals surface area contributed by atoms with Gasteiger partial charge < -0.3 is 9.84 Å². The fourth-order valence-electron chi connectivity index (χ4n) is 1.93. The number of benzene rings is 1. The van der Waals surface area contributed by atoms with E-state index in [-0.39, 0.29) is 6.61 Å². The molecule has 6 heteroatoms. The van der Waals surface area contributed by atoms with Crippen molar-refractivity contribution in [2.45, 2.75) is 19.9 Å². The van der Waals surface area contributed by atoms with Crippen molar-refractivity contribution >= 4 is 0 Å². The van der Waals surface area contributed by atoms with Gasteiger partial charge in [-0.15, -0.1) is 5.10 Å². The van der Waals surface area contributed by atoms with Crippen LogP contribution in [0.1, 0.15) is 23.9 Å². The van der Waals surface area contributed by atoms with Gasteiger partial charge in [-0.25, -0.2) is 4.68 Å². The second-order valence-electron chi connectivity index (χ2n) is 4.20. The first-order chi connectivity index (χ1) is 9.78. The summed E-state index contributed by atoms with van der Waals surface area (Å²) in [6, 6.07) is 9.71. The molecule has 0 fully saturated rings. The zero-order valence-corrected chi connectivity index (χ0v) is 11.3. The van der Waals surface area contributed by atoms with Crippen LogP contribution in [-0.4, -0.2) is 33.3 Å². The van der Waals surface area contributed by atoms with Crippen LogP contribution in [0.4, 0.5) is 0 Å². The van der Waals surface area contributed by atoms with Crippen LogP contribution in [0.25, 0.3) is 0 Å². The minimum Gasteiger partial charge on any atom is -0.494 e. The molecule has 0 aliphatic heterocycles. The van der Waals surface area contributed by atoms with Gasteiger partial charge in [-0.2, -0.15) is 5.26 Å². The van der Waals surface area contributed by atoms with Gasteiger partial charge in [0.2, 0.25) is 0 Å². The van der Waals surface area contributed by atoms with E-state index in [4.69, 9.17) is 15.1 Å². The van der Waals surface area contributed by atoms with E-state index >= 15 is 0 Å². The maximum absolute atomic E-state index is 9.04. The Hall–Kier alpha value is -2.39. The molecular formula is C14H16N4O2. The molecule has 104 valence electrons. The molecule has 0 amide bonds. The number of rotatable bonds is 6. The van der Waals surface area contributed by atoms with Crippen molar-refractivity contribution in [3.8, 4) is 11.8 Å². The molecule has 0 atom stereocenters. The third kappa shape index (κ3) is 3.13. The Balaban J connectivity index is 2.20. The molecule has 1 heterocycles. The molecule has 0 spiro atoms. The summed E-state index contributed by atoms with van der Waals surface area (Å²) in [5.41, 5.74) is 2.05. The molecule has 1 aromatic heterocycles. The molecule has 2 aromatic rings. The topological polar surface area (TPSA) is 84.0 Å². The molecule has 6 nitrogen and oxygen atoms in total. The van der Waals surface area contributed by atoms with Crippen LogP contribution in [0.15, 0.2) is 24.3 Å². The smallest absolute Gasteiger partial charge is 0.186 e. The van der Waals surface area contributed by atoms with Gasteiger partial charge >= 0.3 is 0 Å². The Bertz CT molecular complexity index is 599. The maximum atomic E-state index is 9.04. The lowest BCUT2D eigenvalue weighted by Crippen LogP contribution is -2.09. The van der Waals surface area contributed by atoms with E-state index in [1.165, 1.54) is 0 Å². The van der Waals surface area contributed by atoms with E-state index in [0.29, 0.717) is 31.0 Å². The zero-order valence-electron chi connectivity index (χ0n) is 11.3. The van der Waals surface area contributed by atoms with Crippen molar-refractivity contribution < 1.29 is 9.84 Å². The highest BCUT2D eigenvalue weighted by Gasteiger charge is 2.12. The molecule has 0 saturated heterocycles. The number of nitriles is 1. The molecular weight excluding hydrogens is 256 g/mol. The standard InChI is InChI=1S/C14H16N4O2/c1-2-20-12-5-3-11(4-6-12)9-14-13(10-15)16-17-18(14)7-8-19/h3-6,19H,2,7-9H2,1H3. The van der Waals surface area contributed by atoms with Crippen LogP contribution >= 0.6 is 0 Å². The van der Waals surface area contributed by atoms with E-state index in [2.05, 4.69) is 10.3 Å². The summed E-state index contributed by atoms with van der Waals surface area (Å²) in [4.78, 5) is 0. The molecule has 1 aromatic carbocycles. The molecule has 0 unspecified atom stereocenters. The van der Waals surface area contributed by atoms with Gasteiger partial charge in [-0.1, -0.05) is 17.3 Å². The first-order valence-corrected chi connectivity index (χ1v) is 6.43. The van der Waals surface area contributed by atoms with Gasteiger partial charge in [-0.3, -0.25) is 0 Å². The molecule has 0 aliphatic carbocycles. The lowest BCUT2D eigenvalue weighted by atomic mass is 10.1. The van der Waals surface area contributed by atoms with E-state index in [1.807, 2.05) is 37.3 Å². The van der Waals surface area contributed by atoms with Gasteiger partial charge in [0.25, 0.3) is 0 Å². The lowest BCUT2D eigenvalue weighted by Gasteiger charge is -2.07. The third-order valence-electron chi connectivity index (χ3n) is 2.86. The van der Waals surface area contributed by atoms with Crippen LogP contribution in [0, 0.1) is 11.3 Å². The molecule has 0 bridgehead atoms. The predicted molar refractivity (Wildman–Crippen MR) is 72.2 cm³/mol. The number of nitrogens with zero attached hydrogens (tertiary/aromatic N) is 4. The van der Waals surface area contributed by atoms with Crippen LogP contribution in [-0.2, 0) is 13.0 Å². The Labute approximate surface area is 117 Å². The first-order valence-electron chi connectivity index (χ1n) is 6.43. The fraction of sp³-hybridized carbons (Fsp3) is 0.357. The van der Waals surface area contributed by atoms with Crippen LogP contribution in [0.5, 0.6) is 5.75 Å². The second-order valence-corrected chi connectivity index (χ2v) is 4.20. The summed E-state index contributed by atoms with van der Waals surface area (Å²) >= 11 is 0. The summed E-state index contributed by atoms with van der Waals surface area (Å²) < 4.78 is 6.95. The molecule has 0 aliphatic rings. The summed E-state index contributed by atoms with van der Waals surface area (Å²) in [6.45, 7) is 2.86. The van der Waals surface area contributed by atoms with Crippen LogP contribution in [0.3, 0.4) is 0 Å². The monoisotopic (exact) mass is 272 g/mol. The highest BCUT2D eigenvalue weighted by molar-refractivity contribution is 5.33. The van der Waals surface area contributed by atoms with Crippen LogP contribution in [0.2, 0.25) is 0 Å². The van der Waals surface area contributed by atoms with E-state index in [1.54, 1.807) is 4.68 Å². The summed E-state index contributed by atoms with van der Waals surface area (Å²) in [6.07, 6.45) is 0.544. The normalized spacial score (nSPS) is 10.2. The number of ether oxygens (including phenoxy) is 1. The quantitative estimate of drug-likeness (QED) is 0.852. The number of aliphatic hydroxyl groups is 1. The highest BCUT2D eigenvalue weighted by Crippen LogP contribution is 2.16. The summed E-state index contributed by atoms with van der Waals surface area (Å²) in [5, 5.41) is 25.7. The van der Waals surface area contributed by atoms with Crippen molar-refractivity contribution in [2.24, 2.45) is 0 Å². The summed E-state index contributed by atoms with van der Waals surface area (Å²) in [7, 11) is 0. The molecule has 1 N–H and O–H groups in total. The average molecular weight is 272 g/mol. The molecule has 0 radical (unpaired) electrons. The Morgan fingerprint density at radius 1 is 1.35 bits per heavy atom. The van der Waals surface area contributed by atoms with Crippen molar-refractivity contribution in [1.82, 2.24) is 15.0 Å². The van der Waals surface area contributed by atoms with Gasteiger partial charge in [0.05, 0.1) is 25.5 Å². The average Bonchev–Trinajstić information content (AvgIpc) is 2.84. The molecule has 20 heavy (non-hydrogen) atoms. The van der Waals surface area contributed by atoms with E-state index in [0.717, 1.165) is 11.3 Å². The molecule has 0 saturated carbocycles. The number of aliphatic hydroxyl groups excluding tert-OH is 1. The number of aromatic nitrogens is 3. The number of hydrogen-bond donors (Lipinski definition) is 1. The van der Waals surface area contributed by atoms with Gasteiger partial charge in [0.15, 0.2) is 5.69 Å². The lowest BCUT2D eigenvalue weighted by molar-refractivity contribution is 0.266. The van der Waals surface area contributed by atoms with Gasteiger partial charge in [0.1, 0.15) is 11.8 Å². The second kappa shape index (κ2) is 6.68. The fourth-order valence-corrected chi connectivity index (χ4v) is 1.93. The Kier molecular flexibility index (Phi) is 4.69. The Morgan fingerprint density at radius 3 is 2.70 bits per heavy atom. The van der Waals surface area contributed by atoms with E-state index < -0.39 is 0 Å². The predicted octanol–water partition coefficient (Wildman–Crippen LogP) is 1.13. The van der Waals surface area contributed by atoms with Crippen molar-refractivity contribution in [3.05, 3.63) is 41.2 Å².